The molecule has 0 aromatic heterocycles. The zero-order valence-electron chi connectivity index (χ0n) is 13.9. The number of fused-ring (bicyclic) bond motifs is 1. The molecule has 0 aromatic rings. The summed E-state index contributed by atoms with van der Waals surface area (Å²) in [5.41, 5.74) is -0.145. The summed E-state index contributed by atoms with van der Waals surface area (Å²) in [5.74, 6) is 1.54. The van der Waals surface area contributed by atoms with Gasteiger partial charge < -0.3 is 15.1 Å². The Balaban J connectivity index is 1.71. The monoisotopic (exact) mass is 293 g/mol. The predicted molar refractivity (Wildman–Crippen MR) is 85.1 cm³/mol. The first kappa shape index (κ1) is 15.3. The lowest BCUT2D eigenvalue weighted by atomic mass is 9.74. The highest BCUT2D eigenvalue weighted by atomic mass is 16.2. The van der Waals surface area contributed by atoms with Crippen LogP contribution in [0.2, 0.25) is 0 Å². The van der Waals surface area contributed by atoms with Gasteiger partial charge in [-0.1, -0.05) is 13.8 Å². The molecule has 21 heavy (non-hydrogen) atoms. The molecule has 4 heteroatoms. The van der Waals surface area contributed by atoms with Crippen LogP contribution in [0.3, 0.4) is 0 Å². The minimum atomic E-state index is -0.145. The molecule has 0 bridgehead atoms. The summed E-state index contributed by atoms with van der Waals surface area (Å²) in [6, 6.07) is 0.708. The van der Waals surface area contributed by atoms with Gasteiger partial charge in [0.1, 0.15) is 0 Å². The van der Waals surface area contributed by atoms with Crippen molar-refractivity contribution >= 4 is 5.91 Å². The number of carbonyl (C=O) groups excluding carboxylic acids is 1. The fourth-order valence-corrected chi connectivity index (χ4v) is 4.79. The first-order chi connectivity index (χ1) is 10.0. The highest BCUT2D eigenvalue weighted by molar-refractivity contribution is 5.84. The average Bonchev–Trinajstić information content (AvgIpc) is 2.97. The van der Waals surface area contributed by atoms with E-state index in [2.05, 4.69) is 36.0 Å². The molecule has 0 aliphatic carbocycles. The van der Waals surface area contributed by atoms with E-state index in [1.165, 1.54) is 19.4 Å². The van der Waals surface area contributed by atoms with Crippen LogP contribution < -0.4 is 5.32 Å². The Hall–Kier alpha value is -0.610. The minimum Gasteiger partial charge on any atom is -0.342 e. The topological polar surface area (TPSA) is 35.6 Å². The van der Waals surface area contributed by atoms with Crippen molar-refractivity contribution < 1.29 is 4.79 Å². The fraction of sp³-hybridized carbons (Fsp3) is 0.941. The number of nitrogens with zero attached hydrogens (tertiary/aromatic N) is 2. The Morgan fingerprint density at radius 3 is 2.76 bits per heavy atom. The van der Waals surface area contributed by atoms with Crippen LogP contribution in [0, 0.1) is 17.3 Å². The van der Waals surface area contributed by atoms with Crippen LogP contribution in [0.25, 0.3) is 0 Å². The number of piperidine rings is 2. The molecule has 3 aliphatic heterocycles. The number of hydrogen-bond acceptors (Lipinski definition) is 3. The molecule has 0 saturated carbocycles. The van der Waals surface area contributed by atoms with Crippen LogP contribution in [0.4, 0.5) is 0 Å². The van der Waals surface area contributed by atoms with E-state index in [0.29, 0.717) is 23.8 Å². The van der Waals surface area contributed by atoms with Crippen molar-refractivity contribution in [3.63, 3.8) is 0 Å². The number of likely N-dealkylation sites (tertiary alicyclic amines) is 2. The van der Waals surface area contributed by atoms with Gasteiger partial charge in [-0.3, -0.25) is 4.79 Å². The molecule has 0 aromatic carbocycles. The van der Waals surface area contributed by atoms with Crippen molar-refractivity contribution in [3.05, 3.63) is 0 Å². The molecule has 1 N–H and O–H groups in total. The van der Waals surface area contributed by atoms with Gasteiger partial charge in [-0.05, 0) is 57.7 Å². The molecular formula is C17H31N3O. The summed E-state index contributed by atoms with van der Waals surface area (Å²) in [6.45, 7) is 9.47. The van der Waals surface area contributed by atoms with E-state index in [0.717, 1.165) is 39.0 Å². The molecular weight excluding hydrogens is 262 g/mol. The van der Waals surface area contributed by atoms with Crippen molar-refractivity contribution in [2.45, 2.75) is 45.6 Å². The maximum atomic E-state index is 13.2. The molecule has 1 amide bonds. The Bertz CT molecular complexity index is 389. The Morgan fingerprint density at radius 2 is 2.10 bits per heavy atom. The molecule has 3 aliphatic rings. The highest BCUT2D eigenvalue weighted by Crippen LogP contribution is 2.38. The van der Waals surface area contributed by atoms with Gasteiger partial charge in [0.15, 0.2) is 0 Å². The Morgan fingerprint density at radius 1 is 1.29 bits per heavy atom. The first-order valence-corrected chi connectivity index (χ1v) is 8.75. The van der Waals surface area contributed by atoms with Crippen molar-refractivity contribution in [2.75, 3.05) is 39.8 Å². The number of rotatable bonds is 2. The third-order valence-corrected chi connectivity index (χ3v) is 6.35. The van der Waals surface area contributed by atoms with Crippen molar-refractivity contribution in [3.8, 4) is 0 Å². The molecule has 4 nitrogen and oxygen atoms in total. The second kappa shape index (κ2) is 5.88. The van der Waals surface area contributed by atoms with E-state index >= 15 is 0 Å². The van der Waals surface area contributed by atoms with E-state index in [-0.39, 0.29) is 5.41 Å². The number of hydrogen-bond donors (Lipinski definition) is 1. The van der Waals surface area contributed by atoms with Gasteiger partial charge in [0.05, 0.1) is 5.41 Å². The lowest BCUT2D eigenvalue weighted by Crippen LogP contribution is -2.57. The quantitative estimate of drug-likeness (QED) is 0.839. The predicted octanol–water partition coefficient (Wildman–Crippen LogP) is 1.56. The lowest BCUT2D eigenvalue weighted by molar-refractivity contribution is -0.147. The van der Waals surface area contributed by atoms with Gasteiger partial charge in [-0.15, -0.1) is 0 Å². The largest absolute Gasteiger partial charge is 0.342 e. The fourth-order valence-electron chi connectivity index (χ4n) is 4.79. The van der Waals surface area contributed by atoms with Crippen LogP contribution in [0.15, 0.2) is 0 Å². The third kappa shape index (κ3) is 2.61. The summed E-state index contributed by atoms with van der Waals surface area (Å²) in [7, 11) is 2.25. The van der Waals surface area contributed by atoms with Gasteiger partial charge in [0.25, 0.3) is 0 Å². The maximum Gasteiger partial charge on any atom is 0.230 e. The van der Waals surface area contributed by atoms with Crippen molar-refractivity contribution in [1.29, 1.82) is 0 Å². The summed E-state index contributed by atoms with van der Waals surface area (Å²) < 4.78 is 0. The Kier molecular flexibility index (Phi) is 4.28. The van der Waals surface area contributed by atoms with E-state index in [1.807, 2.05) is 0 Å². The second-order valence-corrected chi connectivity index (χ2v) is 7.73. The van der Waals surface area contributed by atoms with E-state index in [4.69, 9.17) is 0 Å². The molecule has 3 saturated heterocycles. The highest BCUT2D eigenvalue weighted by Gasteiger charge is 2.47. The Labute approximate surface area is 129 Å². The second-order valence-electron chi connectivity index (χ2n) is 7.73. The molecule has 0 radical (unpaired) electrons. The van der Waals surface area contributed by atoms with Gasteiger partial charge in [-0.25, -0.2) is 0 Å². The summed E-state index contributed by atoms with van der Waals surface area (Å²) in [4.78, 5) is 17.9. The normalized spacial score (nSPS) is 37.8. The van der Waals surface area contributed by atoms with Crippen LogP contribution in [0.1, 0.15) is 39.5 Å². The molecule has 0 spiro atoms. The zero-order valence-corrected chi connectivity index (χ0v) is 13.9. The summed E-state index contributed by atoms with van der Waals surface area (Å²) in [6.07, 6.45) is 4.75. The molecule has 3 atom stereocenters. The molecule has 3 fully saturated rings. The first-order valence-electron chi connectivity index (χ1n) is 8.75. The van der Waals surface area contributed by atoms with Crippen molar-refractivity contribution in [1.82, 2.24) is 15.1 Å². The smallest absolute Gasteiger partial charge is 0.230 e. The van der Waals surface area contributed by atoms with Gasteiger partial charge in [0, 0.05) is 25.7 Å². The van der Waals surface area contributed by atoms with Gasteiger partial charge in [-0.2, -0.15) is 0 Å². The van der Waals surface area contributed by atoms with Crippen LogP contribution in [-0.2, 0) is 4.79 Å². The van der Waals surface area contributed by atoms with Gasteiger partial charge >= 0.3 is 0 Å². The number of carbonyl (C=O) groups is 1. The number of nitrogens with one attached hydrogen (secondary N) is 1. The molecule has 120 valence electrons. The minimum absolute atomic E-state index is 0.145. The van der Waals surface area contributed by atoms with Crippen LogP contribution in [0.5, 0.6) is 0 Å². The average molecular weight is 293 g/mol. The van der Waals surface area contributed by atoms with E-state index in [9.17, 15) is 4.79 Å². The van der Waals surface area contributed by atoms with Crippen LogP contribution >= 0.6 is 0 Å². The lowest BCUT2D eigenvalue weighted by Gasteiger charge is -2.48. The molecule has 3 unspecified atom stereocenters. The van der Waals surface area contributed by atoms with Crippen LogP contribution in [-0.4, -0.2) is 61.5 Å². The number of amides is 1. The maximum absolute atomic E-state index is 13.2. The standard InChI is InChI=1S/C17H31N3O/c1-13(2)17(7-8-18-12-17)16(21)20-10-6-15-14(11-20)5-4-9-19(15)3/h13-15,18H,4-12H2,1-3H3. The third-order valence-electron chi connectivity index (χ3n) is 6.35. The van der Waals surface area contributed by atoms with E-state index < -0.39 is 0 Å². The van der Waals surface area contributed by atoms with E-state index in [1.54, 1.807) is 0 Å². The zero-order chi connectivity index (χ0) is 15.0. The van der Waals surface area contributed by atoms with Gasteiger partial charge in [0.2, 0.25) is 5.91 Å². The SMILES string of the molecule is CC(C)C1(C(=O)N2CCC3C(CCCN3C)C2)CCNC1. The summed E-state index contributed by atoms with van der Waals surface area (Å²) >= 11 is 0. The van der Waals surface area contributed by atoms with Crippen molar-refractivity contribution in [2.24, 2.45) is 17.3 Å². The molecule has 3 rings (SSSR count). The molecule has 3 heterocycles. The summed E-state index contributed by atoms with van der Waals surface area (Å²) in [5, 5.41) is 3.42.